The molecule has 0 saturated heterocycles. The second kappa shape index (κ2) is 5.17. The average molecular weight is 248 g/mol. The molecule has 2 rings (SSSR count). The highest BCUT2D eigenvalue weighted by molar-refractivity contribution is 5.56. The van der Waals surface area contributed by atoms with E-state index in [4.69, 9.17) is 4.74 Å². The first kappa shape index (κ1) is 11.9. The summed E-state index contributed by atoms with van der Waals surface area (Å²) in [5.41, 5.74) is 1.50. The Hall–Kier alpha value is -2.57. The van der Waals surface area contributed by atoms with Crippen LogP contribution < -0.4 is 10.1 Å². The maximum absolute atomic E-state index is 10.8. The molecule has 2 N–H and O–H groups in total. The molecule has 7 heteroatoms. The quantitative estimate of drug-likeness (QED) is 0.623. The number of rotatable bonds is 5. The first-order chi connectivity index (χ1) is 8.69. The molecular formula is C11H12N4O3. The Labute approximate surface area is 103 Å². The number of aromatic amines is 1. The number of aromatic nitrogens is 2. The van der Waals surface area contributed by atoms with Crippen molar-refractivity contribution in [2.45, 2.75) is 6.54 Å². The number of H-pyrrole nitrogens is 1. The zero-order valence-corrected chi connectivity index (χ0v) is 9.71. The van der Waals surface area contributed by atoms with Gasteiger partial charge in [0.25, 0.3) is 5.69 Å². The van der Waals surface area contributed by atoms with Crippen LogP contribution in [0.15, 0.2) is 30.5 Å². The van der Waals surface area contributed by atoms with E-state index in [1.165, 1.54) is 19.2 Å². The molecule has 0 aliphatic carbocycles. The fourth-order valence-electron chi connectivity index (χ4n) is 1.49. The molecule has 1 aromatic carbocycles. The number of nitrogens with zero attached hydrogens (tertiary/aromatic N) is 2. The third-order valence-corrected chi connectivity index (χ3v) is 2.38. The van der Waals surface area contributed by atoms with E-state index in [-0.39, 0.29) is 5.69 Å². The lowest BCUT2D eigenvalue weighted by Crippen LogP contribution is -2.01. The fourth-order valence-corrected chi connectivity index (χ4v) is 1.49. The molecule has 0 aliphatic rings. The average Bonchev–Trinajstić information content (AvgIpc) is 2.89. The summed E-state index contributed by atoms with van der Waals surface area (Å²) in [6, 6.07) is 6.35. The highest BCUT2D eigenvalue weighted by Crippen LogP contribution is 2.25. The molecule has 0 aliphatic heterocycles. The molecule has 18 heavy (non-hydrogen) atoms. The molecule has 1 aromatic heterocycles. The number of benzene rings is 1. The van der Waals surface area contributed by atoms with Gasteiger partial charge in [-0.15, -0.1) is 0 Å². The molecule has 2 aromatic rings. The van der Waals surface area contributed by atoms with Crippen molar-refractivity contribution in [2.75, 3.05) is 12.4 Å². The number of nitro benzene ring substituents is 1. The van der Waals surface area contributed by atoms with Gasteiger partial charge in [-0.05, 0) is 6.07 Å². The van der Waals surface area contributed by atoms with Gasteiger partial charge in [-0.1, -0.05) is 0 Å². The summed E-state index contributed by atoms with van der Waals surface area (Å²) in [5, 5.41) is 20.4. The first-order valence-corrected chi connectivity index (χ1v) is 5.24. The van der Waals surface area contributed by atoms with Crippen LogP contribution in [0.25, 0.3) is 0 Å². The molecule has 0 saturated carbocycles. The molecule has 0 unspecified atom stereocenters. The number of ether oxygens (including phenoxy) is 1. The minimum Gasteiger partial charge on any atom is -0.496 e. The maximum Gasteiger partial charge on any atom is 0.275 e. The predicted octanol–water partition coefficient (Wildman–Crippen LogP) is 1.94. The van der Waals surface area contributed by atoms with Crippen molar-refractivity contribution in [3.05, 3.63) is 46.3 Å². The molecule has 7 nitrogen and oxygen atoms in total. The standard InChI is InChI=1S/C11H12N4O3/c1-18-11-5-9(4-10(6-11)15(16)17)12-7-8-2-3-13-14-8/h2-6,12H,7H2,1H3,(H,13,14). The summed E-state index contributed by atoms with van der Waals surface area (Å²) in [6.45, 7) is 0.504. The number of nitrogens with one attached hydrogen (secondary N) is 2. The number of nitro groups is 1. The van der Waals surface area contributed by atoms with Gasteiger partial charge >= 0.3 is 0 Å². The van der Waals surface area contributed by atoms with E-state index in [0.717, 1.165) is 5.69 Å². The van der Waals surface area contributed by atoms with Crippen LogP contribution in [-0.2, 0) is 6.54 Å². The second-order valence-corrected chi connectivity index (χ2v) is 3.61. The van der Waals surface area contributed by atoms with Crippen LogP contribution in [0.3, 0.4) is 0 Å². The van der Waals surface area contributed by atoms with Crippen molar-refractivity contribution in [1.29, 1.82) is 0 Å². The van der Waals surface area contributed by atoms with Gasteiger partial charge in [0.15, 0.2) is 0 Å². The van der Waals surface area contributed by atoms with Crippen LogP contribution in [0.5, 0.6) is 5.75 Å². The molecule has 1 heterocycles. The summed E-state index contributed by atoms with van der Waals surface area (Å²) in [4.78, 5) is 10.3. The Bertz CT molecular complexity index is 539. The zero-order valence-electron chi connectivity index (χ0n) is 9.71. The lowest BCUT2D eigenvalue weighted by molar-refractivity contribution is -0.384. The van der Waals surface area contributed by atoms with E-state index in [1.807, 2.05) is 6.07 Å². The van der Waals surface area contributed by atoms with E-state index in [1.54, 1.807) is 12.3 Å². The first-order valence-electron chi connectivity index (χ1n) is 5.24. The van der Waals surface area contributed by atoms with Crippen molar-refractivity contribution < 1.29 is 9.66 Å². The monoisotopic (exact) mass is 248 g/mol. The largest absolute Gasteiger partial charge is 0.496 e. The molecule has 0 spiro atoms. The normalized spacial score (nSPS) is 10.1. The molecule has 94 valence electrons. The Kier molecular flexibility index (Phi) is 3.42. The smallest absolute Gasteiger partial charge is 0.275 e. The van der Waals surface area contributed by atoms with Crippen LogP contribution in [-0.4, -0.2) is 22.2 Å². The van der Waals surface area contributed by atoms with Crippen LogP contribution in [0.1, 0.15) is 5.69 Å². The number of hydrogen-bond donors (Lipinski definition) is 2. The fraction of sp³-hybridized carbons (Fsp3) is 0.182. The topological polar surface area (TPSA) is 93.1 Å². The lowest BCUT2D eigenvalue weighted by atomic mass is 10.2. The van der Waals surface area contributed by atoms with Crippen LogP contribution in [0, 0.1) is 10.1 Å². The Morgan fingerprint density at radius 2 is 2.33 bits per heavy atom. The van der Waals surface area contributed by atoms with Gasteiger partial charge in [0.2, 0.25) is 0 Å². The Morgan fingerprint density at radius 3 is 2.94 bits per heavy atom. The van der Waals surface area contributed by atoms with Gasteiger partial charge in [0, 0.05) is 24.0 Å². The molecule has 0 radical (unpaired) electrons. The summed E-state index contributed by atoms with van der Waals surface area (Å²) >= 11 is 0. The molecule has 0 bridgehead atoms. The SMILES string of the molecule is COc1cc(NCc2ccn[nH]2)cc([N+](=O)[O-])c1. The van der Waals surface area contributed by atoms with Gasteiger partial charge < -0.3 is 10.1 Å². The number of hydrogen-bond acceptors (Lipinski definition) is 5. The molecule has 0 atom stereocenters. The Morgan fingerprint density at radius 1 is 1.50 bits per heavy atom. The predicted molar refractivity (Wildman–Crippen MR) is 65.6 cm³/mol. The third kappa shape index (κ3) is 2.76. The summed E-state index contributed by atoms with van der Waals surface area (Å²) in [7, 11) is 1.47. The minimum atomic E-state index is -0.454. The highest BCUT2D eigenvalue weighted by Gasteiger charge is 2.10. The minimum absolute atomic E-state index is 0.0125. The molecule has 0 amide bonds. The van der Waals surface area contributed by atoms with Crippen molar-refractivity contribution in [2.24, 2.45) is 0 Å². The van der Waals surface area contributed by atoms with Gasteiger partial charge in [-0.3, -0.25) is 15.2 Å². The van der Waals surface area contributed by atoms with Crippen molar-refractivity contribution >= 4 is 11.4 Å². The third-order valence-electron chi connectivity index (χ3n) is 2.38. The highest BCUT2D eigenvalue weighted by atomic mass is 16.6. The number of non-ortho nitro benzene ring substituents is 1. The van der Waals surface area contributed by atoms with E-state index in [2.05, 4.69) is 15.5 Å². The van der Waals surface area contributed by atoms with Gasteiger partial charge in [-0.25, -0.2) is 0 Å². The van der Waals surface area contributed by atoms with E-state index in [9.17, 15) is 10.1 Å². The van der Waals surface area contributed by atoms with Crippen LogP contribution in [0.4, 0.5) is 11.4 Å². The maximum atomic E-state index is 10.8. The van der Waals surface area contributed by atoms with Gasteiger partial charge in [0.05, 0.1) is 30.3 Å². The van der Waals surface area contributed by atoms with Crippen molar-refractivity contribution in [3.63, 3.8) is 0 Å². The van der Waals surface area contributed by atoms with Crippen molar-refractivity contribution in [3.8, 4) is 5.75 Å². The van der Waals surface area contributed by atoms with Crippen LogP contribution >= 0.6 is 0 Å². The second-order valence-electron chi connectivity index (χ2n) is 3.61. The van der Waals surface area contributed by atoms with E-state index in [0.29, 0.717) is 18.0 Å². The van der Waals surface area contributed by atoms with Crippen molar-refractivity contribution in [1.82, 2.24) is 10.2 Å². The van der Waals surface area contributed by atoms with E-state index < -0.39 is 4.92 Å². The summed E-state index contributed by atoms with van der Waals surface area (Å²) in [5.74, 6) is 0.441. The van der Waals surface area contributed by atoms with Crippen LogP contribution in [0.2, 0.25) is 0 Å². The summed E-state index contributed by atoms with van der Waals surface area (Å²) in [6.07, 6.45) is 1.64. The zero-order chi connectivity index (χ0) is 13.0. The molecule has 0 fully saturated rings. The van der Waals surface area contributed by atoms with Gasteiger partial charge in [0.1, 0.15) is 5.75 Å². The number of anilines is 1. The summed E-state index contributed by atoms with van der Waals surface area (Å²) < 4.78 is 5.02. The van der Waals surface area contributed by atoms with Gasteiger partial charge in [-0.2, -0.15) is 5.10 Å². The molecular weight excluding hydrogens is 236 g/mol. The Balaban J connectivity index is 2.16. The lowest BCUT2D eigenvalue weighted by Gasteiger charge is -2.07. The van der Waals surface area contributed by atoms with E-state index >= 15 is 0 Å². The number of methoxy groups -OCH3 is 1.